The lowest BCUT2D eigenvalue weighted by Crippen LogP contribution is -2.24. The van der Waals surface area contributed by atoms with E-state index < -0.39 is 5.91 Å². The summed E-state index contributed by atoms with van der Waals surface area (Å²) in [4.78, 5) is 12.5. The van der Waals surface area contributed by atoms with Crippen LogP contribution in [0.3, 0.4) is 0 Å². The van der Waals surface area contributed by atoms with E-state index in [0.717, 1.165) is 15.8 Å². The molecule has 10 nitrogen and oxygen atoms in total. The molecule has 1 amide bonds. The molecule has 0 aliphatic rings. The van der Waals surface area contributed by atoms with Gasteiger partial charge >= 0.3 is 0 Å². The molecule has 0 atom stereocenters. The Hall–Kier alpha value is -3.56. The van der Waals surface area contributed by atoms with Gasteiger partial charge in [-0.05, 0) is 36.6 Å². The Kier molecular flexibility index (Phi) is 4.25. The number of anilines is 1. The van der Waals surface area contributed by atoms with Gasteiger partial charge in [0.05, 0.1) is 11.4 Å². The maximum absolute atomic E-state index is 12.5. The molecule has 0 saturated carbocycles. The van der Waals surface area contributed by atoms with Crippen LogP contribution < -0.4 is 11.2 Å². The van der Waals surface area contributed by atoms with Gasteiger partial charge in [0.2, 0.25) is 11.6 Å². The number of aryl methyl sites for hydroxylation is 2. The summed E-state index contributed by atoms with van der Waals surface area (Å²) in [6.07, 6.45) is 0. The van der Waals surface area contributed by atoms with Crippen molar-refractivity contribution in [3.05, 3.63) is 46.8 Å². The summed E-state index contributed by atoms with van der Waals surface area (Å²) in [7, 11) is 0. The minimum absolute atomic E-state index is 0.00159. The summed E-state index contributed by atoms with van der Waals surface area (Å²) in [6, 6.07) is 7.80. The fraction of sp³-hybridized carbons (Fsp3) is 0.200. The third-order valence-corrected chi connectivity index (χ3v) is 3.54. The van der Waals surface area contributed by atoms with Crippen LogP contribution in [0.2, 0.25) is 0 Å². The lowest BCUT2D eigenvalue weighted by molar-refractivity contribution is 0.0946. The molecule has 0 saturated heterocycles. The summed E-state index contributed by atoms with van der Waals surface area (Å²) in [6.45, 7) is 5.44. The minimum atomic E-state index is -0.503. The summed E-state index contributed by atoms with van der Waals surface area (Å²) >= 11 is 0. The molecule has 0 bridgehead atoms. The molecule has 0 spiro atoms. The van der Waals surface area contributed by atoms with Crippen LogP contribution in [0.25, 0.3) is 5.82 Å². The minimum Gasteiger partial charge on any atom is -0.378 e. The van der Waals surface area contributed by atoms with Crippen LogP contribution in [0.5, 0.6) is 0 Å². The standard InChI is InChI=1S/C15H16N8O2/c1-8-4-6-11(7-5-8)9(2)17-19-15(24)12-10(3)18-22-23(12)14-13(16)20-25-21-14/h4-7H,1-3H3,(H2,16,20)(H,19,24). The van der Waals surface area contributed by atoms with Gasteiger partial charge < -0.3 is 5.73 Å². The van der Waals surface area contributed by atoms with Crippen LogP contribution in [-0.4, -0.2) is 36.9 Å². The molecule has 0 aliphatic heterocycles. The van der Waals surface area contributed by atoms with E-state index in [2.05, 4.69) is 35.8 Å². The van der Waals surface area contributed by atoms with E-state index in [0.29, 0.717) is 11.4 Å². The van der Waals surface area contributed by atoms with Crippen LogP contribution in [0.1, 0.15) is 34.2 Å². The zero-order chi connectivity index (χ0) is 18.0. The molecule has 0 aliphatic carbocycles. The predicted octanol–water partition coefficient (Wildman–Crippen LogP) is 1.00. The first-order valence-electron chi connectivity index (χ1n) is 7.39. The SMILES string of the molecule is CC(=NNC(=O)c1c(C)nnn1-c1nonc1N)c1ccc(C)cc1. The molecule has 3 rings (SSSR count). The Morgan fingerprint density at radius 2 is 1.96 bits per heavy atom. The van der Waals surface area contributed by atoms with Gasteiger partial charge in [0.15, 0.2) is 5.69 Å². The molecule has 0 unspecified atom stereocenters. The van der Waals surface area contributed by atoms with Crippen molar-refractivity contribution in [2.75, 3.05) is 5.73 Å². The van der Waals surface area contributed by atoms with Gasteiger partial charge in [0.1, 0.15) is 0 Å². The third-order valence-electron chi connectivity index (χ3n) is 3.54. The van der Waals surface area contributed by atoms with E-state index in [1.807, 2.05) is 31.2 Å². The van der Waals surface area contributed by atoms with Gasteiger partial charge in [-0.3, -0.25) is 4.79 Å². The number of amides is 1. The normalized spacial score (nSPS) is 11.6. The molecule has 3 N–H and O–H groups in total. The van der Waals surface area contributed by atoms with Gasteiger partial charge in [0, 0.05) is 0 Å². The van der Waals surface area contributed by atoms with Gasteiger partial charge in [-0.15, -0.1) is 5.10 Å². The zero-order valence-electron chi connectivity index (χ0n) is 13.9. The molecule has 1 aromatic carbocycles. The van der Waals surface area contributed by atoms with Crippen molar-refractivity contribution in [1.82, 2.24) is 30.7 Å². The smallest absolute Gasteiger partial charge is 0.292 e. The number of nitrogen functional groups attached to an aromatic ring is 1. The second kappa shape index (κ2) is 6.51. The number of rotatable bonds is 4. The first-order chi connectivity index (χ1) is 12.0. The lowest BCUT2D eigenvalue weighted by atomic mass is 10.1. The lowest BCUT2D eigenvalue weighted by Gasteiger charge is -2.05. The second-order valence-electron chi connectivity index (χ2n) is 5.41. The van der Waals surface area contributed by atoms with Crippen molar-refractivity contribution >= 4 is 17.4 Å². The average molecular weight is 340 g/mol. The Labute approximate surface area is 142 Å². The highest BCUT2D eigenvalue weighted by Gasteiger charge is 2.22. The fourth-order valence-electron chi connectivity index (χ4n) is 2.15. The number of benzene rings is 1. The monoisotopic (exact) mass is 340 g/mol. The van der Waals surface area contributed by atoms with Crippen molar-refractivity contribution < 1.29 is 9.42 Å². The average Bonchev–Trinajstić information content (AvgIpc) is 3.18. The van der Waals surface area contributed by atoms with Crippen LogP contribution in [-0.2, 0) is 0 Å². The molecular weight excluding hydrogens is 324 g/mol. The molecule has 3 aromatic rings. The number of carbonyl (C=O) groups excluding carboxylic acids is 1. The van der Waals surface area contributed by atoms with Gasteiger partial charge in [-0.2, -0.15) is 9.78 Å². The van der Waals surface area contributed by atoms with E-state index in [1.165, 1.54) is 0 Å². The molecule has 25 heavy (non-hydrogen) atoms. The fourth-order valence-corrected chi connectivity index (χ4v) is 2.15. The second-order valence-corrected chi connectivity index (χ2v) is 5.41. The Morgan fingerprint density at radius 3 is 2.60 bits per heavy atom. The predicted molar refractivity (Wildman–Crippen MR) is 89.2 cm³/mol. The number of hydrogen-bond acceptors (Lipinski definition) is 8. The maximum Gasteiger partial charge on any atom is 0.292 e. The number of hydrazone groups is 1. The zero-order valence-corrected chi connectivity index (χ0v) is 13.9. The van der Waals surface area contributed by atoms with E-state index >= 15 is 0 Å². The van der Waals surface area contributed by atoms with Crippen LogP contribution in [0, 0.1) is 13.8 Å². The highest BCUT2D eigenvalue weighted by Crippen LogP contribution is 2.15. The van der Waals surface area contributed by atoms with Gasteiger partial charge in [0.25, 0.3) is 5.91 Å². The molecule has 2 heterocycles. The van der Waals surface area contributed by atoms with Crippen molar-refractivity contribution in [3.8, 4) is 5.82 Å². The van der Waals surface area contributed by atoms with Crippen molar-refractivity contribution in [3.63, 3.8) is 0 Å². The summed E-state index contributed by atoms with van der Waals surface area (Å²) in [5, 5.41) is 18.9. The maximum atomic E-state index is 12.5. The molecule has 2 aromatic heterocycles. The molecule has 10 heteroatoms. The largest absolute Gasteiger partial charge is 0.378 e. The highest BCUT2D eigenvalue weighted by molar-refractivity contribution is 6.00. The van der Waals surface area contributed by atoms with Crippen LogP contribution >= 0.6 is 0 Å². The number of nitrogens with zero attached hydrogens (tertiary/aromatic N) is 6. The van der Waals surface area contributed by atoms with Crippen molar-refractivity contribution in [2.45, 2.75) is 20.8 Å². The summed E-state index contributed by atoms with van der Waals surface area (Å²) in [5.74, 6) is -0.417. The summed E-state index contributed by atoms with van der Waals surface area (Å²) < 4.78 is 5.70. The van der Waals surface area contributed by atoms with Gasteiger partial charge in [-0.1, -0.05) is 35.0 Å². The van der Waals surface area contributed by atoms with E-state index in [1.54, 1.807) is 13.8 Å². The quantitative estimate of drug-likeness (QED) is 0.534. The number of hydrogen-bond donors (Lipinski definition) is 2. The molecule has 0 radical (unpaired) electrons. The van der Waals surface area contributed by atoms with E-state index in [9.17, 15) is 4.79 Å². The molecule has 0 fully saturated rings. The highest BCUT2D eigenvalue weighted by atomic mass is 16.6. The molecular formula is C15H16N8O2. The number of nitrogens with one attached hydrogen (secondary N) is 1. The first-order valence-corrected chi connectivity index (χ1v) is 7.39. The van der Waals surface area contributed by atoms with E-state index in [-0.39, 0.29) is 17.3 Å². The van der Waals surface area contributed by atoms with Gasteiger partial charge in [-0.25, -0.2) is 10.1 Å². The summed E-state index contributed by atoms with van der Waals surface area (Å²) in [5.41, 5.74) is 11.4. The topological polar surface area (TPSA) is 137 Å². The Bertz CT molecular complexity index is 939. The van der Waals surface area contributed by atoms with Crippen molar-refractivity contribution in [1.29, 1.82) is 0 Å². The van der Waals surface area contributed by atoms with E-state index in [4.69, 9.17) is 5.73 Å². The number of nitrogens with two attached hydrogens (primary N) is 1. The first kappa shape index (κ1) is 16.3. The van der Waals surface area contributed by atoms with Crippen LogP contribution in [0.15, 0.2) is 34.0 Å². The van der Waals surface area contributed by atoms with Crippen LogP contribution in [0.4, 0.5) is 5.82 Å². The third kappa shape index (κ3) is 3.22. The number of carbonyl (C=O) groups is 1. The Morgan fingerprint density at radius 1 is 1.24 bits per heavy atom. The van der Waals surface area contributed by atoms with Crippen molar-refractivity contribution in [2.24, 2.45) is 5.10 Å². The Balaban J connectivity index is 1.85. The number of aromatic nitrogens is 5. The molecule has 128 valence electrons.